The van der Waals surface area contributed by atoms with Gasteiger partial charge in [0.25, 0.3) is 0 Å². The molecule has 2 aromatic heterocycles. The Morgan fingerprint density at radius 1 is 0.920 bits per heavy atom. The van der Waals surface area contributed by atoms with E-state index in [1.165, 1.54) is 16.7 Å². The summed E-state index contributed by atoms with van der Waals surface area (Å²) in [4.78, 5) is 9.36. The molecule has 0 saturated carbocycles. The van der Waals surface area contributed by atoms with Gasteiger partial charge in [-0.1, -0.05) is 71.9 Å². The molecule has 3 nitrogen and oxygen atoms in total. The van der Waals surface area contributed by atoms with Crippen LogP contribution in [0.4, 0.5) is 0 Å². The van der Waals surface area contributed by atoms with E-state index in [0.717, 1.165) is 28.6 Å². The van der Waals surface area contributed by atoms with Crippen LogP contribution in [0.1, 0.15) is 16.7 Å². The second-order valence-corrected chi connectivity index (χ2v) is 7.03. The highest BCUT2D eigenvalue weighted by molar-refractivity contribution is 7.98. The number of imidazole rings is 1. The van der Waals surface area contributed by atoms with Crippen molar-refractivity contribution in [3.8, 4) is 0 Å². The van der Waals surface area contributed by atoms with E-state index in [-0.39, 0.29) is 0 Å². The number of hydrogen-bond acceptors (Lipinski definition) is 3. The molecule has 0 aliphatic rings. The average Bonchev–Trinajstić information content (AvgIpc) is 2.99. The lowest BCUT2D eigenvalue weighted by molar-refractivity contribution is 0.724. The molecule has 0 aliphatic carbocycles. The summed E-state index contributed by atoms with van der Waals surface area (Å²) in [5, 5.41) is 1.01. The second kappa shape index (κ2) is 7.11. The van der Waals surface area contributed by atoms with Gasteiger partial charge in [-0.3, -0.25) is 4.57 Å². The maximum Gasteiger partial charge on any atom is 0.170 e. The van der Waals surface area contributed by atoms with Crippen LogP contribution < -0.4 is 0 Å². The van der Waals surface area contributed by atoms with Crippen molar-refractivity contribution in [2.45, 2.75) is 24.4 Å². The largest absolute Gasteiger partial charge is 0.299 e. The van der Waals surface area contributed by atoms with Crippen LogP contribution in [-0.4, -0.2) is 14.5 Å². The zero-order valence-electron chi connectivity index (χ0n) is 14.1. The smallest absolute Gasteiger partial charge is 0.170 e. The van der Waals surface area contributed by atoms with Crippen molar-refractivity contribution in [3.05, 3.63) is 89.6 Å². The summed E-state index contributed by atoms with van der Waals surface area (Å²) < 4.78 is 2.21. The summed E-state index contributed by atoms with van der Waals surface area (Å²) in [7, 11) is 0. The molecule has 0 spiro atoms. The van der Waals surface area contributed by atoms with Gasteiger partial charge in [0.15, 0.2) is 10.8 Å². The van der Waals surface area contributed by atoms with E-state index in [4.69, 9.17) is 4.98 Å². The molecule has 0 amide bonds. The van der Waals surface area contributed by atoms with Gasteiger partial charge in [-0.05, 0) is 30.2 Å². The van der Waals surface area contributed by atoms with E-state index in [2.05, 4.69) is 65.0 Å². The van der Waals surface area contributed by atoms with Crippen LogP contribution in [0.25, 0.3) is 11.2 Å². The van der Waals surface area contributed by atoms with E-state index in [0.29, 0.717) is 0 Å². The van der Waals surface area contributed by atoms with Crippen LogP contribution in [0.3, 0.4) is 0 Å². The second-order valence-electron chi connectivity index (χ2n) is 6.09. The first-order valence-corrected chi connectivity index (χ1v) is 9.32. The summed E-state index contributed by atoms with van der Waals surface area (Å²) in [6.45, 7) is 2.91. The van der Waals surface area contributed by atoms with Crippen molar-refractivity contribution in [1.29, 1.82) is 0 Å². The molecule has 124 valence electrons. The quantitative estimate of drug-likeness (QED) is 0.473. The van der Waals surface area contributed by atoms with E-state index in [1.807, 2.05) is 24.4 Å². The van der Waals surface area contributed by atoms with E-state index >= 15 is 0 Å². The monoisotopic (exact) mass is 345 g/mol. The summed E-state index contributed by atoms with van der Waals surface area (Å²) in [6, 6.07) is 23.1. The van der Waals surface area contributed by atoms with Gasteiger partial charge in [-0.15, -0.1) is 0 Å². The summed E-state index contributed by atoms with van der Waals surface area (Å²) in [6.07, 6.45) is 1.83. The molecular weight excluding hydrogens is 326 g/mol. The SMILES string of the molecule is Cc1cccc(CSc2nc3cccnc3n2Cc2ccccc2)c1. The van der Waals surface area contributed by atoms with Crippen LogP contribution in [0.5, 0.6) is 0 Å². The number of aryl methyl sites for hydroxylation is 1. The highest BCUT2D eigenvalue weighted by Crippen LogP contribution is 2.27. The van der Waals surface area contributed by atoms with Gasteiger partial charge in [0.2, 0.25) is 0 Å². The standard InChI is InChI=1S/C21H19N3S/c1-16-7-5-10-18(13-16)15-25-21-23-19-11-6-12-22-20(19)24(21)14-17-8-3-2-4-9-17/h2-13H,14-15H2,1H3. The zero-order chi connectivity index (χ0) is 17.1. The maximum absolute atomic E-state index is 4.81. The van der Waals surface area contributed by atoms with Crippen LogP contribution in [0, 0.1) is 6.92 Å². The third-order valence-electron chi connectivity index (χ3n) is 4.10. The molecule has 0 N–H and O–H groups in total. The van der Waals surface area contributed by atoms with Gasteiger partial charge in [0.1, 0.15) is 5.52 Å². The predicted molar refractivity (Wildman–Crippen MR) is 104 cm³/mol. The van der Waals surface area contributed by atoms with Crippen molar-refractivity contribution in [2.24, 2.45) is 0 Å². The van der Waals surface area contributed by atoms with E-state index in [1.54, 1.807) is 11.8 Å². The summed E-state index contributed by atoms with van der Waals surface area (Å²) in [5.41, 5.74) is 5.75. The number of nitrogens with zero attached hydrogens (tertiary/aromatic N) is 3. The Labute approximate surface area is 151 Å². The molecule has 2 heterocycles. The van der Waals surface area contributed by atoms with Crippen molar-refractivity contribution in [2.75, 3.05) is 0 Å². The van der Waals surface area contributed by atoms with Crippen LogP contribution in [0.2, 0.25) is 0 Å². The average molecular weight is 345 g/mol. The molecule has 25 heavy (non-hydrogen) atoms. The lowest BCUT2D eigenvalue weighted by Gasteiger charge is -2.09. The molecule has 0 bridgehead atoms. The third kappa shape index (κ3) is 3.59. The zero-order valence-corrected chi connectivity index (χ0v) is 14.9. The minimum absolute atomic E-state index is 0.782. The Morgan fingerprint density at radius 2 is 1.76 bits per heavy atom. The highest BCUT2D eigenvalue weighted by atomic mass is 32.2. The lowest BCUT2D eigenvalue weighted by Crippen LogP contribution is -2.02. The van der Waals surface area contributed by atoms with Gasteiger partial charge in [-0.2, -0.15) is 0 Å². The van der Waals surface area contributed by atoms with Crippen molar-refractivity contribution >= 4 is 22.9 Å². The number of aromatic nitrogens is 3. The number of benzene rings is 2. The lowest BCUT2D eigenvalue weighted by atomic mass is 10.2. The van der Waals surface area contributed by atoms with Crippen LogP contribution >= 0.6 is 11.8 Å². The van der Waals surface area contributed by atoms with E-state index in [9.17, 15) is 0 Å². The Balaban J connectivity index is 1.66. The van der Waals surface area contributed by atoms with Gasteiger partial charge in [0, 0.05) is 11.9 Å². The minimum Gasteiger partial charge on any atom is -0.299 e. The summed E-state index contributed by atoms with van der Waals surface area (Å²) >= 11 is 1.77. The molecule has 4 heteroatoms. The minimum atomic E-state index is 0.782. The fourth-order valence-corrected chi connectivity index (χ4v) is 3.85. The first-order valence-electron chi connectivity index (χ1n) is 8.33. The maximum atomic E-state index is 4.81. The van der Waals surface area contributed by atoms with Gasteiger partial charge < -0.3 is 0 Å². The molecule has 0 atom stereocenters. The number of thioether (sulfide) groups is 1. The van der Waals surface area contributed by atoms with Gasteiger partial charge >= 0.3 is 0 Å². The summed E-state index contributed by atoms with van der Waals surface area (Å²) in [5.74, 6) is 0.903. The topological polar surface area (TPSA) is 30.7 Å². The molecule has 0 radical (unpaired) electrons. The van der Waals surface area contributed by atoms with Crippen LogP contribution in [-0.2, 0) is 12.3 Å². The number of pyridine rings is 1. The highest BCUT2D eigenvalue weighted by Gasteiger charge is 2.12. The van der Waals surface area contributed by atoms with Crippen LogP contribution in [0.15, 0.2) is 78.1 Å². The molecular formula is C21H19N3S. The fraction of sp³-hybridized carbons (Fsp3) is 0.143. The molecule has 4 aromatic rings. The molecule has 0 unspecified atom stereocenters. The third-order valence-corrected chi connectivity index (χ3v) is 5.15. The number of rotatable bonds is 5. The fourth-order valence-electron chi connectivity index (χ4n) is 2.91. The van der Waals surface area contributed by atoms with Crippen molar-refractivity contribution < 1.29 is 0 Å². The normalized spacial score (nSPS) is 11.1. The Hall–Kier alpha value is -2.59. The Bertz CT molecular complexity index is 992. The molecule has 4 rings (SSSR count). The van der Waals surface area contributed by atoms with Gasteiger partial charge in [0.05, 0.1) is 6.54 Å². The number of hydrogen-bond donors (Lipinski definition) is 0. The molecule has 2 aromatic carbocycles. The molecule has 0 fully saturated rings. The molecule has 0 saturated heterocycles. The Morgan fingerprint density at radius 3 is 2.60 bits per heavy atom. The van der Waals surface area contributed by atoms with Crippen molar-refractivity contribution in [1.82, 2.24) is 14.5 Å². The molecule has 0 aliphatic heterocycles. The number of fused-ring (bicyclic) bond motifs is 1. The predicted octanol–water partition coefficient (Wildman–Crippen LogP) is 5.08. The first-order chi connectivity index (χ1) is 12.3. The van der Waals surface area contributed by atoms with Gasteiger partial charge in [-0.25, -0.2) is 9.97 Å². The van der Waals surface area contributed by atoms with E-state index < -0.39 is 0 Å². The first kappa shape index (κ1) is 15.9. The van der Waals surface area contributed by atoms with Crippen molar-refractivity contribution in [3.63, 3.8) is 0 Å². The Kier molecular flexibility index (Phi) is 4.53.